The molecule has 0 aromatic heterocycles. The van der Waals surface area contributed by atoms with E-state index in [-0.39, 0.29) is 6.10 Å². The van der Waals surface area contributed by atoms with Crippen molar-refractivity contribution >= 4 is 5.97 Å². The first kappa shape index (κ1) is 21.0. The van der Waals surface area contributed by atoms with Gasteiger partial charge in [0.25, 0.3) is 0 Å². The third-order valence-corrected chi connectivity index (χ3v) is 4.68. The van der Waals surface area contributed by atoms with Crippen molar-refractivity contribution in [2.45, 2.75) is 89.4 Å². The summed E-state index contributed by atoms with van der Waals surface area (Å²) in [6, 6.07) is 0. The van der Waals surface area contributed by atoms with Crippen LogP contribution in [0.25, 0.3) is 0 Å². The third-order valence-electron chi connectivity index (χ3n) is 4.68. The molecule has 0 aromatic rings. The van der Waals surface area contributed by atoms with Crippen LogP contribution in [0.2, 0.25) is 0 Å². The van der Waals surface area contributed by atoms with Gasteiger partial charge in [-0.1, -0.05) is 6.58 Å². The topological polar surface area (TPSA) is 55.8 Å². The molecule has 4 atom stereocenters. The van der Waals surface area contributed by atoms with E-state index in [9.17, 15) is 23.1 Å². The fourth-order valence-electron chi connectivity index (χ4n) is 2.70. The van der Waals surface area contributed by atoms with Crippen LogP contribution >= 0.6 is 0 Å². The first-order valence-electron chi connectivity index (χ1n) is 8.12. The molecule has 1 aliphatic carbocycles. The molecule has 7 heteroatoms. The van der Waals surface area contributed by atoms with Crippen LogP contribution < -0.4 is 0 Å². The van der Waals surface area contributed by atoms with Crippen LogP contribution in [-0.2, 0) is 14.3 Å². The monoisotopic (exact) mass is 352 g/mol. The van der Waals surface area contributed by atoms with E-state index in [1.165, 1.54) is 6.92 Å². The lowest BCUT2D eigenvalue weighted by Crippen LogP contribution is -2.54. The zero-order valence-corrected chi connectivity index (χ0v) is 14.7. The highest BCUT2D eigenvalue weighted by atomic mass is 19.4. The maximum Gasteiger partial charge on any atom is 0.419 e. The minimum atomic E-state index is -4.77. The molecule has 0 heterocycles. The molecule has 1 rings (SSSR count). The predicted octanol–water partition coefficient (Wildman–Crippen LogP) is 3.92. The molecule has 0 amide bonds. The largest absolute Gasteiger partial charge is 0.459 e. The maximum atomic E-state index is 12.9. The summed E-state index contributed by atoms with van der Waals surface area (Å²) in [5, 5.41) is 9.74. The van der Waals surface area contributed by atoms with E-state index in [0.717, 1.165) is 6.92 Å². The van der Waals surface area contributed by atoms with Gasteiger partial charge in [-0.3, -0.25) is 0 Å². The molecule has 1 fully saturated rings. The minimum Gasteiger partial charge on any atom is -0.459 e. The van der Waals surface area contributed by atoms with Crippen LogP contribution in [0.5, 0.6) is 0 Å². The van der Waals surface area contributed by atoms with E-state index in [4.69, 9.17) is 9.47 Å². The van der Waals surface area contributed by atoms with Crippen molar-refractivity contribution in [3.8, 4) is 0 Å². The second-order valence-corrected chi connectivity index (χ2v) is 7.09. The van der Waals surface area contributed by atoms with Crippen molar-refractivity contribution in [3.63, 3.8) is 0 Å². The van der Waals surface area contributed by atoms with Crippen LogP contribution in [0.3, 0.4) is 0 Å². The summed E-state index contributed by atoms with van der Waals surface area (Å²) >= 11 is 0. The van der Waals surface area contributed by atoms with Crippen LogP contribution in [0.1, 0.15) is 59.8 Å². The summed E-state index contributed by atoms with van der Waals surface area (Å²) in [4.78, 5) is 11.6. The Balaban J connectivity index is 2.70. The molecule has 0 spiro atoms. The fourth-order valence-corrected chi connectivity index (χ4v) is 2.70. The van der Waals surface area contributed by atoms with Gasteiger partial charge in [0.2, 0.25) is 0 Å². The molecular weight excluding hydrogens is 325 g/mol. The second kappa shape index (κ2) is 7.44. The van der Waals surface area contributed by atoms with Gasteiger partial charge in [0.05, 0.1) is 11.7 Å². The van der Waals surface area contributed by atoms with Crippen molar-refractivity contribution in [2.75, 3.05) is 0 Å². The fraction of sp³-hybridized carbons (Fsp3) is 0.824. The van der Waals surface area contributed by atoms with E-state index in [2.05, 4.69) is 6.58 Å². The van der Waals surface area contributed by atoms with Crippen molar-refractivity contribution in [2.24, 2.45) is 0 Å². The molecule has 0 saturated heterocycles. The van der Waals surface area contributed by atoms with Gasteiger partial charge in [0.15, 0.2) is 5.60 Å². The van der Waals surface area contributed by atoms with Gasteiger partial charge in [-0.2, -0.15) is 13.2 Å². The molecule has 0 aromatic carbocycles. The molecule has 0 bridgehead atoms. The molecule has 0 radical (unpaired) electrons. The second-order valence-electron chi connectivity index (χ2n) is 7.09. The molecule has 24 heavy (non-hydrogen) atoms. The van der Waals surface area contributed by atoms with Gasteiger partial charge in [-0.15, -0.1) is 0 Å². The number of alkyl halides is 3. The molecule has 140 valence electrons. The van der Waals surface area contributed by atoms with Crippen LogP contribution in [-0.4, -0.2) is 40.7 Å². The normalized spacial score (nSPS) is 29.2. The average Bonchev–Trinajstić information content (AvgIpc) is 2.59. The van der Waals surface area contributed by atoms with Crippen molar-refractivity contribution in [3.05, 3.63) is 12.2 Å². The molecular formula is C17H27F3O4. The number of carbonyl (C=O) groups is 1. The van der Waals surface area contributed by atoms with Gasteiger partial charge in [0, 0.05) is 5.57 Å². The smallest absolute Gasteiger partial charge is 0.419 e. The number of esters is 1. The highest BCUT2D eigenvalue weighted by Crippen LogP contribution is 2.39. The van der Waals surface area contributed by atoms with Gasteiger partial charge < -0.3 is 14.6 Å². The summed E-state index contributed by atoms with van der Waals surface area (Å²) in [5.74, 6) is -0.460. The zero-order valence-electron chi connectivity index (χ0n) is 14.7. The number of aliphatic hydroxyl groups is 1. The number of rotatable bonds is 5. The lowest BCUT2D eigenvalue weighted by molar-refractivity contribution is -0.298. The van der Waals surface area contributed by atoms with Gasteiger partial charge in [-0.05, 0) is 59.8 Å². The number of carbonyl (C=O) groups excluding carboxylic acids is 1. The first-order valence-corrected chi connectivity index (χ1v) is 8.12. The van der Waals surface area contributed by atoms with Gasteiger partial charge in [0.1, 0.15) is 6.10 Å². The van der Waals surface area contributed by atoms with Crippen molar-refractivity contribution < 1.29 is 32.5 Å². The Morgan fingerprint density at radius 1 is 1.33 bits per heavy atom. The number of hydrogen-bond donors (Lipinski definition) is 1. The molecule has 1 saturated carbocycles. The lowest BCUT2D eigenvalue weighted by Gasteiger charge is -2.39. The van der Waals surface area contributed by atoms with Gasteiger partial charge in [-0.25, -0.2) is 4.79 Å². The molecule has 1 N–H and O–H groups in total. The quantitative estimate of drug-likeness (QED) is 0.463. The Morgan fingerprint density at radius 2 is 1.92 bits per heavy atom. The summed E-state index contributed by atoms with van der Waals surface area (Å²) in [6.07, 6.45) is -3.71. The lowest BCUT2D eigenvalue weighted by atomic mass is 9.93. The molecule has 4 nitrogen and oxygen atoms in total. The molecule has 4 unspecified atom stereocenters. The summed E-state index contributed by atoms with van der Waals surface area (Å²) in [6.45, 7) is 8.77. The average molecular weight is 352 g/mol. The highest BCUT2D eigenvalue weighted by molar-refractivity contribution is 5.87. The Bertz CT molecular complexity index is 473. The van der Waals surface area contributed by atoms with Crippen molar-refractivity contribution in [1.82, 2.24) is 0 Å². The standard InChI is InChI=1S/C17H27F3O4/c1-11(2)14(21)23-13-7-6-9-15(4,10-8-13)24-12(3)16(5,22)17(18,19)20/h12-13,22H,1,6-10H2,2-5H3. The number of halogens is 3. The zero-order chi connectivity index (χ0) is 18.8. The minimum absolute atomic E-state index is 0.293. The van der Waals surface area contributed by atoms with Crippen LogP contribution in [0, 0.1) is 0 Å². The number of ether oxygens (including phenoxy) is 2. The Labute approximate surface area is 141 Å². The van der Waals surface area contributed by atoms with E-state index < -0.39 is 29.5 Å². The van der Waals surface area contributed by atoms with Gasteiger partial charge >= 0.3 is 12.1 Å². The van der Waals surface area contributed by atoms with Crippen LogP contribution in [0.15, 0.2) is 12.2 Å². The maximum absolute atomic E-state index is 12.9. The number of hydrogen-bond acceptors (Lipinski definition) is 4. The van der Waals surface area contributed by atoms with E-state index in [0.29, 0.717) is 37.7 Å². The third kappa shape index (κ3) is 5.21. The van der Waals surface area contributed by atoms with E-state index in [1.54, 1.807) is 13.8 Å². The predicted molar refractivity (Wildman–Crippen MR) is 83.4 cm³/mol. The molecule has 0 aliphatic heterocycles. The summed E-state index contributed by atoms with van der Waals surface area (Å²) in [5.41, 5.74) is -3.42. The SMILES string of the molecule is C=C(C)C(=O)OC1CCCC(C)(OC(C)C(C)(O)C(F)(F)F)CC1. The van der Waals surface area contributed by atoms with E-state index >= 15 is 0 Å². The first-order chi connectivity index (χ1) is 10.8. The highest BCUT2D eigenvalue weighted by Gasteiger charge is 2.55. The Hall–Kier alpha value is -1.08. The van der Waals surface area contributed by atoms with E-state index in [1.807, 2.05) is 0 Å². The Morgan fingerprint density at radius 3 is 2.42 bits per heavy atom. The summed E-state index contributed by atoms with van der Waals surface area (Å²) in [7, 11) is 0. The van der Waals surface area contributed by atoms with Crippen LogP contribution in [0.4, 0.5) is 13.2 Å². The molecule has 1 aliphatic rings. The van der Waals surface area contributed by atoms with Crippen molar-refractivity contribution in [1.29, 1.82) is 0 Å². The Kier molecular flexibility index (Phi) is 6.49. The summed E-state index contributed by atoms with van der Waals surface area (Å²) < 4.78 is 49.7.